The number of nitrogens with zero attached hydrogens (tertiary/aromatic N) is 1. The Bertz CT molecular complexity index is 742. The molecule has 0 radical (unpaired) electrons. The van der Waals surface area contributed by atoms with Gasteiger partial charge in [0.05, 0.1) is 12.8 Å². The number of hydrogen-bond acceptors (Lipinski definition) is 4. The highest BCUT2D eigenvalue weighted by Crippen LogP contribution is 2.31. The molecule has 5 nitrogen and oxygen atoms in total. The molecular weight excluding hydrogens is 306 g/mol. The lowest BCUT2D eigenvalue weighted by molar-refractivity contribution is -0.140. The first kappa shape index (κ1) is 16.1. The molecule has 3 rings (SSSR count). The largest absolute Gasteiger partial charge is 0.489 e. The highest BCUT2D eigenvalue weighted by Gasteiger charge is 2.26. The number of anilines is 1. The Kier molecular flexibility index (Phi) is 4.79. The molecule has 1 heterocycles. The van der Waals surface area contributed by atoms with Crippen molar-refractivity contribution in [3.05, 3.63) is 59.7 Å². The van der Waals surface area contributed by atoms with Gasteiger partial charge in [0.1, 0.15) is 18.9 Å². The van der Waals surface area contributed by atoms with Gasteiger partial charge in [-0.05, 0) is 23.6 Å². The summed E-state index contributed by atoms with van der Waals surface area (Å²) < 4.78 is 10.5. The number of amides is 1. The average molecular weight is 325 g/mol. The minimum absolute atomic E-state index is 0.0758. The van der Waals surface area contributed by atoms with Crippen molar-refractivity contribution in [3.8, 4) is 5.75 Å². The number of carbonyl (C=O) groups is 2. The van der Waals surface area contributed by atoms with Crippen LogP contribution in [0.3, 0.4) is 0 Å². The second-order valence-corrected chi connectivity index (χ2v) is 5.62. The minimum Gasteiger partial charge on any atom is -0.489 e. The number of rotatable bonds is 5. The Morgan fingerprint density at radius 2 is 1.92 bits per heavy atom. The van der Waals surface area contributed by atoms with Crippen LogP contribution in [0.5, 0.6) is 5.75 Å². The van der Waals surface area contributed by atoms with Gasteiger partial charge in [0, 0.05) is 12.5 Å². The second-order valence-electron chi connectivity index (χ2n) is 5.62. The molecule has 124 valence electrons. The van der Waals surface area contributed by atoms with Crippen LogP contribution in [-0.2, 0) is 27.4 Å². The van der Waals surface area contributed by atoms with Crippen LogP contribution < -0.4 is 9.64 Å². The summed E-state index contributed by atoms with van der Waals surface area (Å²) in [6.07, 6.45) is 1.07. The van der Waals surface area contributed by atoms with E-state index < -0.39 is 5.97 Å². The second kappa shape index (κ2) is 7.17. The summed E-state index contributed by atoms with van der Waals surface area (Å²) in [6.45, 7) is 0.370. The molecule has 24 heavy (non-hydrogen) atoms. The van der Waals surface area contributed by atoms with Gasteiger partial charge in [0.2, 0.25) is 5.91 Å². The van der Waals surface area contributed by atoms with E-state index >= 15 is 0 Å². The van der Waals surface area contributed by atoms with Crippen LogP contribution in [0.15, 0.2) is 48.5 Å². The number of hydrogen-bond donors (Lipinski definition) is 0. The zero-order chi connectivity index (χ0) is 16.9. The predicted octanol–water partition coefficient (Wildman–Crippen LogP) is 2.72. The van der Waals surface area contributed by atoms with Gasteiger partial charge in [-0.15, -0.1) is 0 Å². The van der Waals surface area contributed by atoms with E-state index in [4.69, 9.17) is 4.74 Å². The van der Waals surface area contributed by atoms with Gasteiger partial charge >= 0.3 is 5.97 Å². The van der Waals surface area contributed by atoms with E-state index in [2.05, 4.69) is 4.74 Å². The molecule has 0 atom stereocenters. The third kappa shape index (κ3) is 3.56. The molecule has 0 aliphatic carbocycles. The maximum absolute atomic E-state index is 12.2. The maximum atomic E-state index is 12.2. The molecule has 1 amide bonds. The lowest BCUT2D eigenvalue weighted by Gasteiger charge is -2.28. The molecule has 1 aliphatic heterocycles. The number of carbonyl (C=O) groups excluding carboxylic acids is 2. The van der Waals surface area contributed by atoms with Gasteiger partial charge in [-0.1, -0.05) is 36.4 Å². The summed E-state index contributed by atoms with van der Waals surface area (Å²) in [6, 6.07) is 15.5. The smallest absolute Gasteiger partial charge is 0.325 e. The molecule has 0 fully saturated rings. The number of benzene rings is 2. The van der Waals surface area contributed by atoms with Crippen LogP contribution >= 0.6 is 0 Å². The lowest BCUT2D eigenvalue weighted by atomic mass is 10.0. The molecule has 1 aliphatic rings. The van der Waals surface area contributed by atoms with Crippen LogP contribution in [-0.4, -0.2) is 25.5 Å². The number of esters is 1. The minimum atomic E-state index is -0.438. The van der Waals surface area contributed by atoms with Crippen LogP contribution in [0.1, 0.15) is 17.5 Å². The highest BCUT2D eigenvalue weighted by atomic mass is 16.5. The number of fused-ring (bicyclic) bond motifs is 1. The molecule has 0 bridgehead atoms. The molecule has 0 N–H and O–H groups in total. The third-order valence-corrected chi connectivity index (χ3v) is 4.02. The Hall–Kier alpha value is -2.82. The molecule has 5 heteroatoms. The van der Waals surface area contributed by atoms with Crippen molar-refractivity contribution in [1.29, 1.82) is 0 Å². The molecule has 0 spiro atoms. The first-order valence-electron chi connectivity index (χ1n) is 7.84. The Morgan fingerprint density at radius 3 is 2.67 bits per heavy atom. The Labute approximate surface area is 140 Å². The fourth-order valence-corrected chi connectivity index (χ4v) is 2.71. The van der Waals surface area contributed by atoms with Gasteiger partial charge in [-0.2, -0.15) is 0 Å². The van der Waals surface area contributed by atoms with E-state index in [0.29, 0.717) is 25.2 Å². The topological polar surface area (TPSA) is 55.8 Å². The highest BCUT2D eigenvalue weighted by molar-refractivity contribution is 6.00. The summed E-state index contributed by atoms with van der Waals surface area (Å²) in [4.78, 5) is 25.2. The first-order valence-corrected chi connectivity index (χ1v) is 7.84. The van der Waals surface area contributed by atoms with Gasteiger partial charge in [0.15, 0.2) is 0 Å². The van der Waals surface area contributed by atoms with E-state index in [1.807, 2.05) is 48.5 Å². The van der Waals surface area contributed by atoms with Gasteiger partial charge in [0.25, 0.3) is 0 Å². The molecule has 0 unspecified atom stereocenters. The normalized spacial score (nSPS) is 13.4. The molecule has 2 aromatic carbocycles. The number of aryl methyl sites for hydroxylation is 1. The third-order valence-electron chi connectivity index (χ3n) is 4.02. The molecule has 0 saturated heterocycles. The van der Waals surface area contributed by atoms with Crippen molar-refractivity contribution in [3.63, 3.8) is 0 Å². The summed E-state index contributed by atoms with van der Waals surface area (Å²) in [5, 5.41) is 0. The van der Waals surface area contributed by atoms with Crippen molar-refractivity contribution >= 4 is 17.6 Å². The number of ether oxygens (including phenoxy) is 2. The SMILES string of the molecule is COC(=O)CN1C(=O)CCc2ccc(OCc3ccccc3)cc21. The van der Waals surface area contributed by atoms with E-state index in [-0.39, 0.29) is 12.5 Å². The van der Waals surface area contributed by atoms with Crippen LogP contribution in [0.25, 0.3) is 0 Å². The van der Waals surface area contributed by atoms with Crippen molar-refractivity contribution < 1.29 is 19.1 Å². The zero-order valence-corrected chi connectivity index (χ0v) is 13.5. The van der Waals surface area contributed by atoms with Crippen molar-refractivity contribution in [2.24, 2.45) is 0 Å². The lowest BCUT2D eigenvalue weighted by Crippen LogP contribution is -2.39. The monoisotopic (exact) mass is 325 g/mol. The van der Waals surface area contributed by atoms with E-state index in [9.17, 15) is 9.59 Å². The molecular formula is C19H19NO4. The molecule has 0 saturated carbocycles. The van der Waals surface area contributed by atoms with Gasteiger partial charge in [-0.25, -0.2) is 0 Å². The maximum Gasteiger partial charge on any atom is 0.325 e. The summed E-state index contributed by atoms with van der Waals surface area (Å²) in [5.74, 6) is 0.155. The van der Waals surface area contributed by atoms with E-state index in [1.54, 1.807) is 0 Å². The summed E-state index contributed by atoms with van der Waals surface area (Å²) >= 11 is 0. The van der Waals surface area contributed by atoms with Crippen LogP contribution in [0.2, 0.25) is 0 Å². The number of methoxy groups -OCH3 is 1. The fourth-order valence-electron chi connectivity index (χ4n) is 2.71. The van der Waals surface area contributed by atoms with Crippen molar-refractivity contribution in [1.82, 2.24) is 0 Å². The Morgan fingerprint density at radius 1 is 1.12 bits per heavy atom. The zero-order valence-electron chi connectivity index (χ0n) is 13.5. The average Bonchev–Trinajstić information content (AvgIpc) is 2.63. The van der Waals surface area contributed by atoms with E-state index in [0.717, 1.165) is 16.8 Å². The Balaban J connectivity index is 1.79. The van der Waals surface area contributed by atoms with Crippen LogP contribution in [0.4, 0.5) is 5.69 Å². The van der Waals surface area contributed by atoms with Gasteiger partial charge in [-0.3, -0.25) is 9.59 Å². The summed E-state index contributed by atoms with van der Waals surface area (Å²) in [5.41, 5.74) is 2.82. The standard InChI is InChI=1S/C19H19NO4/c1-23-19(22)12-20-17-11-16(9-7-15(17)8-10-18(20)21)24-13-14-5-3-2-4-6-14/h2-7,9,11H,8,10,12-13H2,1H3. The first-order chi connectivity index (χ1) is 11.7. The van der Waals surface area contributed by atoms with Crippen molar-refractivity contribution in [2.45, 2.75) is 19.4 Å². The quantitative estimate of drug-likeness (QED) is 0.793. The predicted molar refractivity (Wildman–Crippen MR) is 89.9 cm³/mol. The van der Waals surface area contributed by atoms with Crippen LogP contribution in [0, 0.1) is 0 Å². The fraction of sp³-hybridized carbons (Fsp3) is 0.263. The molecule has 2 aromatic rings. The van der Waals surface area contributed by atoms with Gasteiger partial charge < -0.3 is 14.4 Å². The van der Waals surface area contributed by atoms with E-state index in [1.165, 1.54) is 12.0 Å². The van der Waals surface area contributed by atoms with Crippen molar-refractivity contribution in [2.75, 3.05) is 18.6 Å². The molecule has 0 aromatic heterocycles. The summed E-state index contributed by atoms with van der Waals surface area (Å²) in [7, 11) is 1.32.